The van der Waals surface area contributed by atoms with E-state index < -0.39 is 0 Å². The molecule has 0 radical (unpaired) electrons. The molecule has 0 amide bonds. The maximum absolute atomic E-state index is 11.8. The van der Waals surface area contributed by atoms with E-state index in [9.17, 15) is 4.79 Å². The standard InChI is InChI=1S/C17H15ClN2O4/c1-22-15-8-13-14(19-10-20-17(13)21)9-16(15)24-7-6-23-12-4-2-11(18)3-5-12/h2-5,8-10H,6-7H2,1H3,(H,19,20,21). The number of benzene rings is 2. The van der Waals surface area contributed by atoms with Crippen LogP contribution in [0.25, 0.3) is 10.9 Å². The van der Waals surface area contributed by atoms with Gasteiger partial charge in [-0.05, 0) is 30.3 Å². The van der Waals surface area contributed by atoms with Gasteiger partial charge >= 0.3 is 0 Å². The zero-order valence-corrected chi connectivity index (χ0v) is 13.7. The molecule has 2 aromatic carbocycles. The number of ether oxygens (including phenoxy) is 3. The van der Waals surface area contributed by atoms with Crippen molar-refractivity contribution in [2.24, 2.45) is 0 Å². The predicted molar refractivity (Wildman–Crippen MR) is 91.4 cm³/mol. The van der Waals surface area contributed by atoms with E-state index in [1.807, 2.05) is 0 Å². The molecule has 0 atom stereocenters. The second-order valence-electron chi connectivity index (χ2n) is 4.90. The van der Waals surface area contributed by atoms with Crippen LogP contribution in [0.4, 0.5) is 0 Å². The minimum atomic E-state index is -0.226. The van der Waals surface area contributed by atoms with Crippen LogP contribution in [-0.2, 0) is 0 Å². The lowest BCUT2D eigenvalue weighted by molar-refractivity contribution is 0.211. The summed E-state index contributed by atoms with van der Waals surface area (Å²) in [6.45, 7) is 0.666. The molecule has 0 unspecified atom stereocenters. The molecule has 0 aliphatic heterocycles. The van der Waals surface area contributed by atoms with Gasteiger partial charge in [0.25, 0.3) is 5.56 Å². The van der Waals surface area contributed by atoms with Crippen LogP contribution < -0.4 is 19.8 Å². The Bertz CT molecular complexity index is 893. The predicted octanol–water partition coefficient (Wildman–Crippen LogP) is 3.04. The summed E-state index contributed by atoms with van der Waals surface area (Å²) >= 11 is 5.82. The summed E-state index contributed by atoms with van der Waals surface area (Å²) in [5.74, 6) is 1.68. The fourth-order valence-electron chi connectivity index (χ4n) is 2.19. The summed E-state index contributed by atoms with van der Waals surface area (Å²) in [5.41, 5.74) is 0.309. The maximum atomic E-state index is 11.8. The number of nitrogens with zero attached hydrogens (tertiary/aromatic N) is 1. The van der Waals surface area contributed by atoms with Crippen LogP contribution in [0.5, 0.6) is 17.2 Å². The minimum absolute atomic E-state index is 0.226. The molecule has 0 bridgehead atoms. The van der Waals surface area contributed by atoms with Crippen molar-refractivity contribution in [2.45, 2.75) is 0 Å². The fraction of sp³-hybridized carbons (Fsp3) is 0.176. The molecule has 0 aliphatic rings. The van der Waals surface area contributed by atoms with Crippen molar-refractivity contribution >= 4 is 22.5 Å². The third-order valence-corrected chi connectivity index (χ3v) is 3.60. The Morgan fingerprint density at radius 1 is 1.08 bits per heavy atom. The van der Waals surface area contributed by atoms with Gasteiger partial charge in [0.1, 0.15) is 19.0 Å². The smallest absolute Gasteiger partial charge is 0.258 e. The molecule has 124 valence electrons. The summed E-state index contributed by atoms with van der Waals surface area (Å²) in [7, 11) is 1.52. The monoisotopic (exact) mass is 346 g/mol. The van der Waals surface area contributed by atoms with Crippen LogP contribution in [-0.4, -0.2) is 30.3 Å². The van der Waals surface area contributed by atoms with Crippen molar-refractivity contribution in [3.05, 3.63) is 58.1 Å². The van der Waals surface area contributed by atoms with Gasteiger partial charge in [0, 0.05) is 11.1 Å². The Balaban J connectivity index is 1.68. The topological polar surface area (TPSA) is 73.4 Å². The van der Waals surface area contributed by atoms with Gasteiger partial charge in [0.15, 0.2) is 11.5 Å². The molecular weight excluding hydrogens is 332 g/mol. The number of methoxy groups -OCH3 is 1. The highest BCUT2D eigenvalue weighted by Crippen LogP contribution is 2.30. The summed E-state index contributed by atoms with van der Waals surface area (Å²) in [6, 6.07) is 10.4. The molecule has 1 aromatic heterocycles. The molecule has 0 spiro atoms. The summed E-state index contributed by atoms with van der Waals surface area (Å²) in [5, 5.41) is 1.10. The van der Waals surface area contributed by atoms with Crippen molar-refractivity contribution in [3.63, 3.8) is 0 Å². The average Bonchev–Trinajstić information content (AvgIpc) is 2.60. The SMILES string of the molecule is COc1cc2c(=O)[nH]cnc2cc1OCCOc1ccc(Cl)cc1. The summed E-state index contributed by atoms with van der Waals surface area (Å²) in [6.07, 6.45) is 1.35. The second-order valence-corrected chi connectivity index (χ2v) is 5.34. The quantitative estimate of drug-likeness (QED) is 0.694. The highest BCUT2D eigenvalue weighted by Gasteiger charge is 2.10. The van der Waals surface area contributed by atoms with Crippen molar-refractivity contribution in [3.8, 4) is 17.2 Å². The van der Waals surface area contributed by atoms with E-state index in [0.29, 0.717) is 46.4 Å². The third kappa shape index (κ3) is 3.60. The number of rotatable bonds is 6. The highest BCUT2D eigenvalue weighted by molar-refractivity contribution is 6.30. The lowest BCUT2D eigenvalue weighted by atomic mass is 10.2. The number of aromatic amines is 1. The van der Waals surface area contributed by atoms with Gasteiger partial charge in [0.2, 0.25) is 0 Å². The molecule has 6 nitrogen and oxygen atoms in total. The van der Waals surface area contributed by atoms with Crippen molar-refractivity contribution < 1.29 is 14.2 Å². The first-order valence-corrected chi connectivity index (χ1v) is 7.62. The van der Waals surface area contributed by atoms with E-state index in [-0.39, 0.29) is 5.56 Å². The molecule has 1 N–H and O–H groups in total. The molecule has 0 saturated carbocycles. The van der Waals surface area contributed by atoms with E-state index in [1.165, 1.54) is 13.4 Å². The number of hydrogen-bond acceptors (Lipinski definition) is 5. The lowest BCUT2D eigenvalue weighted by Crippen LogP contribution is -2.11. The maximum Gasteiger partial charge on any atom is 0.258 e. The highest BCUT2D eigenvalue weighted by atomic mass is 35.5. The Morgan fingerprint density at radius 2 is 1.83 bits per heavy atom. The van der Waals surface area contributed by atoms with Gasteiger partial charge in [-0.15, -0.1) is 0 Å². The Kier molecular flexibility index (Phi) is 4.86. The Hall–Kier alpha value is -2.73. The number of halogens is 1. The van der Waals surface area contributed by atoms with Gasteiger partial charge in [-0.1, -0.05) is 11.6 Å². The van der Waals surface area contributed by atoms with E-state index in [4.69, 9.17) is 25.8 Å². The molecule has 7 heteroatoms. The van der Waals surface area contributed by atoms with E-state index in [1.54, 1.807) is 36.4 Å². The number of aromatic nitrogens is 2. The second kappa shape index (κ2) is 7.23. The first-order valence-electron chi connectivity index (χ1n) is 7.24. The Labute approximate surface area is 143 Å². The lowest BCUT2D eigenvalue weighted by Gasteiger charge is -2.12. The molecular formula is C17H15ClN2O4. The van der Waals surface area contributed by atoms with Crippen LogP contribution in [0.2, 0.25) is 5.02 Å². The normalized spacial score (nSPS) is 10.6. The molecule has 0 fully saturated rings. The van der Waals surface area contributed by atoms with Crippen molar-refractivity contribution in [1.29, 1.82) is 0 Å². The Morgan fingerprint density at radius 3 is 2.58 bits per heavy atom. The molecule has 3 aromatic rings. The van der Waals surface area contributed by atoms with E-state index in [0.717, 1.165) is 0 Å². The average molecular weight is 347 g/mol. The minimum Gasteiger partial charge on any atom is -0.493 e. The van der Waals surface area contributed by atoms with Gasteiger partial charge in [-0.2, -0.15) is 0 Å². The molecule has 0 aliphatic carbocycles. The van der Waals surface area contributed by atoms with Gasteiger partial charge in [0.05, 0.1) is 24.3 Å². The first kappa shape index (κ1) is 16.1. The van der Waals surface area contributed by atoms with Gasteiger partial charge in [-0.3, -0.25) is 4.79 Å². The first-order chi connectivity index (χ1) is 11.7. The van der Waals surface area contributed by atoms with Crippen LogP contribution in [0.15, 0.2) is 47.5 Å². The zero-order valence-electron chi connectivity index (χ0n) is 12.9. The van der Waals surface area contributed by atoms with E-state index >= 15 is 0 Å². The van der Waals surface area contributed by atoms with Crippen LogP contribution in [0.1, 0.15) is 0 Å². The van der Waals surface area contributed by atoms with Crippen molar-refractivity contribution in [1.82, 2.24) is 9.97 Å². The number of H-pyrrole nitrogens is 1. The summed E-state index contributed by atoms with van der Waals surface area (Å²) < 4.78 is 16.5. The van der Waals surface area contributed by atoms with Crippen LogP contribution >= 0.6 is 11.6 Å². The summed E-state index contributed by atoms with van der Waals surface area (Å²) in [4.78, 5) is 18.4. The number of nitrogens with one attached hydrogen (secondary N) is 1. The van der Waals surface area contributed by atoms with Gasteiger partial charge in [-0.25, -0.2) is 4.98 Å². The fourth-order valence-corrected chi connectivity index (χ4v) is 2.32. The molecule has 1 heterocycles. The van der Waals surface area contributed by atoms with Crippen molar-refractivity contribution in [2.75, 3.05) is 20.3 Å². The van der Waals surface area contributed by atoms with E-state index in [2.05, 4.69) is 9.97 Å². The zero-order chi connectivity index (χ0) is 16.9. The van der Waals surface area contributed by atoms with Crippen LogP contribution in [0, 0.1) is 0 Å². The molecule has 0 saturated heterocycles. The van der Waals surface area contributed by atoms with Gasteiger partial charge < -0.3 is 19.2 Å². The van der Waals surface area contributed by atoms with Crippen LogP contribution in [0.3, 0.4) is 0 Å². The molecule has 24 heavy (non-hydrogen) atoms. The number of fused-ring (bicyclic) bond motifs is 1. The third-order valence-electron chi connectivity index (χ3n) is 3.35. The largest absolute Gasteiger partial charge is 0.493 e. The molecule has 3 rings (SSSR count). The number of hydrogen-bond donors (Lipinski definition) is 1.